The second-order valence-electron chi connectivity index (χ2n) is 5.23. The van der Waals surface area contributed by atoms with Crippen molar-refractivity contribution < 1.29 is 9.53 Å². The highest BCUT2D eigenvalue weighted by Gasteiger charge is 2.07. The van der Waals surface area contributed by atoms with Gasteiger partial charge in [-0.2, -0.15) is 0 Å². The largest absolute Gasteiger partial charge is 0.496 e. The number of benzene rings is 1. The molecule has 21 heavy (non-hydrogen) atoms. The van der Waals surface area contributed by atoms with Crippen LogP contribution in [-0.2, 0) is 11.2 Å². The average molecular weight is 292 g/mol. The minimum atomic E-state index is 0.216. The van der Waals surface area contributed by atoms with Gasteiger partial charge < -0.3 is 15.0 Å². The van der Waals surface area contributed by atoms with Gasteiger partial charge in [0, 0.05) is 26.6 Å². The lowest BCUT2D eigenvalue weighted by Crippen LogP contribution is -2.31. The first-order valence-electron chi connectivity index (χ1n) is 7.75. The number of carbonyl (C=O) groups excluding carboxylic acids is 1. The van der Waals surface area contributed by atoms with Crippen LogP contribution in [0.2, 0.25) is 0 Å². The number of rotatable bonds is 10. The van der Waals surface area contributed by atoms with E-state index in [2.05, 4.69) is 18.3 Å². The zero-order valence-corrected chi connectivity index (χ0v) is 13.5. The van der Waals surface area contributed by atoms with E-state index < -0.39 is 0 Å². The molecule has 4 heteroatoms. The first kappa shape index (κ1) is 17.5. The third kappa shape index (κ3) is 6.63. The monoisotopic (exact) mass is 292 g/mol. The molecule has 1 N–H and O–H groups in total. The molecule has 1 rings (SSSR count). The fourth-order valence-electron chi connectivity index (χ4n) is 2.16. The van der Waals surface area contributed by atoms with Crippen molar-refractivity contribution in [1.29, 1.82) is 0 Å². The number of ether oxygens (including phenoxy) is 1. The molecule has 0 aromatic heterocycles. The van der Waals surface area contributed by atoms with Gasteiger partial charge in [0.15, 0.2) is 0 Å². The minimum absolute atomic E-state index is 0.216. The molecule has 118 valence electrons. The van der Waals surface area contributed by atoms with Gasteiger partial charge >= 0.3 is 0 Å². The Kier molecular flexibility index (Phi) is 8.51. The molecule has 1 aromatic carbocycles. The molecule has 0 fully saturated rings. The van der Waals surface area contributed by atoms with E-state index in [0.717, 1.165) is 44.6 Å². The van der Waals surface area contributed by atoms with E-state index in [0.29, 0.717) is 6.42 Å². The number of hydrogen-bond donors (Lipinski definition) is 1. The number of carbonyl (C=O) groups is 1. The smallest absolute Gasteiger partial charge is 0.223 e. The van der Waals surface area contributed by atoms with Crippen LogP contribution in [-0.4, -0.2) is 44.6 Å². The van der Waals surface area contributed by atoms with Crippen molar-refractivity contribution in [2.24, 2.45) is 0 Å². The Morgan fingerprint density at radius 2 is 2.05 bits per heavy atom. The maximum Gasteiger partial charge on any atom is 0.223 e. The Hall–Kier alpha value is -1.55. The van der Waals surface area contributed by atoms with Crippen LogP contribution in [0.1, 0.15) is 31.7 Å². The summed E-state index contributed by atoms with van der Waals surface area (Å²) in [4.78, 5) is 13.7. The van der Waals surface area contributed by atoms with Crippen molar-refractivity contribution in [2.45, 2.75) is 32.6 Å². The van der Waals surface area contributed by atoms with Gasteiger partial charge in [0.05, 0.1) is 7.11 Å². The molecule has 0 spiro atoms. The number of para-hydroxylation sites is 1. The molecule has 0 aliphatic carbocycles. The quantitative estimate of drug-likeness (QED) is 0.674. The zero-order chi connectivity index (χ0) is 15.5. The maximum atomic E-state index is 11.8. The summed E-state index contributed by atoms with van der Waals surface area (Å²) in [7, 11) is 3.57. The Balaban J connectivity index is 2.18. The lowest BCUT2D eigenvalue weighted by Gasteiger charge is -2.16. The summed E-state index contributed by atoms with van der Waals surface area (Å²) in [5.74, 6) is 1.14. The van der Waals surface area contributed by atoms with Gasteiger partial charge in [-0.05, 0) is 31.0 Å². The lowest BCUT2D eigenvalue weighted by atomic mass is 10.1. The lowest BCUT2D eigenvalue weighted by molar-refractivity contribution is -0.129. The third-order valence-corrected chi connectivity index (χ3v) is 3.55. The summed E-state index contributed by atoms with van der Waals surface area (Å²) < 4.78 is 5.32. The molecular weight excluding hydrogens is 264 g/mol. The van der Waals surface area contributed by atoms with Crippen LogP contribution >= 0.6 is 0 Å². The first-order chi connectivity index (χ1) is 10.2. The van der Waals surface area contributed by atoms with Gasteiger partial charge in [-0.15, -0.1) is 0 Å². The predicted molar refractivity (Wildman–Crippen MR) is 86.7 cm³/mol. The summed E-state index contributed by atoms with van der Waals surface area (Å²) in [6, 6.07) is 8.04. The van der Waals surface area contributed by atoms with Crippen molar-refractivity contribution in [2.75, 3.05) is 33.8 Å². The van der Waals surface area contributed by atoms with Gasteiger partial charge in [-0.3, -0.25) is 4.79 Å². The number of amides is 1. The van der Waals surface area contributed by atoms with Crippen LogP contribution < -0.4 is 10.1 Å². The standard InChI is InChI=1S/C17H28N2O2/c1-4-5-14-19(2)17(20)11-13-18-12-10-15-8-6-7-9-16(15)21-3/h6-9,18H,4-5,10-14H2,1-3H3. The summed E-state index contributed by atoms with van der Waals surface area (Å²) in [6.07, 6.45) is 3.66. The van der Waals surface area contributed by atoms with Crippen LogP contribution in [0.5, 0.6) is 5.75 Å². The SMILES string of the molecule is CCCCN(C)C(=O)CCNCCc1ccccc1OC. The fourth-order valence-corrected chi connectivity index (χ4v) is 2.16. The number of nitrogens with zero attached hydrogens (tertiary/aromatic N) is 1. The van der Waals surface area contributed by atoms with E-state index >= 15 is 0 Å². The summed E-state index contributed by atoms with van der Waals surface area (Å²) in [5, 5.41) is 3.32. The van der Waals surface area contributed by atoms with Crippen molar-refractivity contribution in [3.63, 3.8) is 0 Å². The number of nitrogens with one attached hydrogen (secondary N) is 1. The number of unbranched alkanes of at least 4 members (excludes halogenated alkanes) is 1. The molecule has 0 heterocycles. The molecule has 1 amide bonds. The van der Waals surface area contributed by atoms with Crippen LogP contribution in [0.3, 0.4) is 0 Å². The second-order valence-corrected chi connectivity index (χ2v) is 5.23. The number of hydrogen-bond acceptors (Lipinski definition) is 3. The molecule has 0 radical (unpaired) electrons. The van der Waals surface area contributed by atoms with E-state index in [-0.39, 0.29) is 5.91 Å². The summed E-state index contributed by atoms with van der Waals surface area (Å²) in [6.45, 7) is 4.57. The van der Waals surface area contributed by atoms with E-state index in [1.54, 1.807) is 7.11 Å². The second kappa shape index (κ2) is 10.2. The zero-order valence-electron chi connectivity index (χ0n) is 13.5. The Bertz CT molecular complexity index is 421. The summed E-state index contributed by atoms with van der Waals surface area (Å²) >= 11 is 0. The van der Waals surface area contributed by atoms with E-state index in [1.807, 2.05) is 30.1 Å². The highest BCUT2D eigenvalue weighted by Crippen LogP contribution is 2.17. The first-order valence-corrected chi connectivity index (χ1v) is 7.75. The summed E-state index contributed by atoms with van der Waals surface area (Å²) in [5.41, 5.74) is 1.19. The van der Waals surface area contributed by atoms with Crippen molar-refractivity contribution in [3.8, 4) is 5.75 Å². The molecule has 0 bridgehead atoms. The van der Waals surface area contributed by atoms with E-state index in [9.17, 15) is 4.79 Å². The molecule has 1 aromatic rings. The van der Waals surface area contributed by atoms with Crippen LogP contribution in [0.4, 0.5) is 0 Å². The molecule has 4 nitrogen and oxygen atoms in total. The molecule has 0 saturated heterocycles. The molecular formula is C17H28N2O2. The predicted octanol–water partition coefficient (Wildman–Crippen LogP) is 2.48. The normalized spacial score (nSPS) is 10.4. The van der Waals surface area contributed by atoms with Gasteiger partial charge in [0.25, 0.3) is 0 Å². The Labute approximate surface area is 128 Å². The van der Waals surface area contributed by atoms with Crippen LogP contribution in [0.15, 0.2) is 24.3 Å². The molecule has 0 aliphatic heterocycles. The van der Waals surface area contributed by atoms with Crippen molar-refractivity contribution >= 4 is 5.91 Å². The van der Waals surface area contributed by atoms with Crippen LogP contribution in [0.25, 0.3) is 0 Å². The highest BCUT2D eigenvalue weighted by atomic mass is 16.5. The van der Waals surface area contributed by atoms with E-state index in [4.69, 9.17) is 4.74 Å². The molecule has 0 atom stereocenters. The minimum Gasteiger partial charge on any atom is -0.496 e. The molecule has 0 aliphatic rings. The van der Waals surface area contributed by atoms with E-state index in [1.165, 1.54) is 5.56 Å². The van der Waals surface area contributed by atoms with Gasteiger partial charge in [-0.1, -0.05) is 31.5 Å². The average Bonchev–Trinajstić information content (AvgIpc) is 2.52. The topological polar surface area (TPSA) is 41.6 Å². The van der Waals surface area contributed by atoms with Gasteiger partial charge in [-0.25, -0.2) is 0 Å². The molecule has 0 saturated carbocycles. The van der Waals surface area contributed by atoms with Gasteiger partial charge in [0.1, 0.15) is 5.75 Å². The van der Waals surface area contributed by atoms with Gasteiger partial charge in [0.2, 0.25) is 5.91 Å². The Morgan fingerprint density at radius 1 is 1.29 bits per heavy atom. The highest BCUT2D eigenvalue weighted by molar-refractivity contribution is 5.76. The maximum absolute atomic E-state index is 11.8. The van der Waals surface area contributed by atoms with Crippen molar-refractivity contribution in [3.05, 3.63) is 29.8 Å². The third-order valence-electron chi connectivity index (χ3n) is 3.55. The molecule has 0 unspecified atom stereocenters. The fraction of sp³-hybridized carbons (Fsp3) is 0.588. The number of methoxy groups -OCH3 is 1. The van der Waals surface area contributed by atoms with Crippen LogP contribution in [0, 0.1) is 0 Å². The van der Waals surface area contributed by atoms with Crippen molar-refractivity contribution in [1.82, 2.24) is 10.2 Å². The Morgan fingerprint density at radius 3 is 2.76 bits per heavy atom.